The van der Waals surface area contributed by atoms with Crippen molar-refractivity contribution < 1.29 is 14.3 Å². The maximum absolute atomic E-state index is 12.7. The summed E-state index contributed by atoms with van der Waals surface area (Å²) in [4.78, 5) is 24.7. The van der Waals surface area contributed by atoms with Crippen LogP contribution in [-0.2, 0) is 11.2 Å². The number of rotatable bonds is 1. The molecule has 0 spiro atoms. The highest BCUT2D eigenvalue weighted by atomic mass is 16.5. The van der Waals surface area contributed by atoms with Crippen LogP contribution in [0.15, 0.2) is 42.5 Å². The molecule has 0 radical (unpaired) electrons. The lowest BCUT2D eigenvalue weighted by molar-refractivity contribution is 0.0252. The molecular weight excluding hydrogens is 264 g/mol. The fourth-order valence-electron chi connectivity index (χ4n) is 3.48. The molecule has 1 aliphatic heterocycles. The third-order valence-corrected chi connectivity index (χ3v) is 4.47. The van der Waals surface area contributed by atoms with E-state index in [0.29, 0.717) is 12.0 Å². The number of hydrogen-bond donors (Lipinski definition) is 0. The number of esters is 1. The normalized spacial score (nSPS) is 22.9. The van der Waals surface area contributed by atoms with Crippen molar-refractivity contribution in [2.45, 2.75) is 19.4 Å². The van der Waals surface area contributed by atoms with Gasteiger partial charge in [0.15, 0.2) is 5.78 Å². The predicted octanol–water partition coefficient (Wildman–Crippen LogP) is 3.26. The predicted molar refractivity (Wildman–Crippen MR) is 77.3 cm³/mol. The van der Waals surface area contributed by atoms with Crippen LogP contribution in [0.1, 0.15) is 43.5 Å². The SMILES string of the molecule is Cc1cccc2c1C(=O)[C@@H]([C@@H]1OC(=O)c3ccccc31)C2. The Balaban J connectivity index is 1.77. The second-order valence-corrected chi connectivity index (χ2v) is 5.70. The highest BCUT2D eigenvalue weighted by Crippen LogP contribution is 2.42. The van der Waals surface area contributed by atoms with E-state index in [2.05, 4.69) is 0 Å². The number of carbonyl (C=O) groups excluding carboxylic acids is 2. The second-order valence-electron chi connectivity index (χ2n) is 5.70. The van der Waals surface area contributed by atoms with Crippen molar-refractivity contribution in [1.29, 1.82) is 0 Å². The van der Waals surface area contributed by atoms with Crippen molar-refractivity contribution in [2.75, 3.05) is 0 Å². The van der Waals surface area contributed by atoms with E-state index < -0.39 is 6.10 Å². The Labute approximate surface area is 122 Å². The lowest BCUT2D eigenvalue weighted by atomic mass is 9.91. The number of fused-ring (bicyclic) bond motifs is 2. The van der Waals surface area contributed by atoms with Crippen molar-refractivity contribution in [1.82, 2.24) is 0 Å². The van der Waals surface area contributed by atoms with Crippen molar-refractivity contribution in [3.8, 4) is 0 Å². The van der Waals surface area contributed by atoms with Crippen LogP contribution in [-0.4, -0.2) is 11.8 Å². The summed E-state index contributed by atoms with van der Waals surface area (Å²) in [5.74, 6) is -0.526. The Hall–Kier alpha value is -2.42. The van der Waals surface area contributed by atoms with E-state index in [1.807, 2.05) is 43.3 Å². The minimum atomic E-state index is -0.451. The largest absolute Gasteiger partial charge is 0.453 e. The average molecular weight is 278 g/mol. The summed E-state index contributed by atoms with van der Waals surface area (Å²) in [6, 6.07) is 13.3. The fraction of sp³-hybridized carbons (Fsp3) is 0.222. The molecule has 0 bridgehead atoms. The molecule has 4 rings (SSSR count). The maximum atomic E-state index is 12.7. The van der Waals surface area contributed by atoms with Gasteiger partial charge in [0, 0.05) is 11.1 Å². The van der Waals surface area contributed by atoms with Gasteiger partial charge in [0.1, 0.15) is 6.10 Å². The number of hydrogen-bond acceptors (Lipinski definition) is 3. The summed E-state index contributed by atoms with van der Waals surface area (Å²) in [5.41, 5.74) is 4.29. The molecule has 3 nitrogen and oxygen atoms in total. The third-order valence-electron chi connectivity index (χ3n) is 4.47. The molecule has 0 unspecified atom stereocenters. The molecule has 1 heterocycles. The second kappa shape index (κ2) is 4.29. The van der Waals surface area contributed by atoms with Crippen LogP contribution in [0.4, 0.5) is 0 Å². The van der Waals surface area contributed by atoms with Gasteiger partial charge in [-0.05, 0) is 30.5 Å². The van der Waals surface area contributed by atoms with Gasteiger partial charge in [-0.15, -0.1) is 0 Å². The molecule has 0 saturated heterocycles. The van der Waals surface area contributed by atoms with E-state index >= 15 is 0 Å². The van der Waals surface area contributed by atoms with E-state index in [4.69, 9.17) is 4.74 Å². The van der Waals surface area contributed by atoms with Gasteiger partial charge in [-0.3, -0.25) is 4.79 Å². The molecule has 1 aliphatic carbocycles. The standard InChI is InChI=1S/C18H14O3/c1-10-5-4-6-11-9-14(16(19)15(10)11)17-12-7-2-3-8-13(12)18(20)21-17/h2-8,14,17H,9H2,1H3/t14-,17+/m0/s1. The summed E-state index contributed by atoms with van der Waals surface area (Å²) in [6.45, 7) is 1.95. The highest BCUT2D eigenvalue weighted by Gasteiger charge is 2.44. The first-order valence-electron chi connectivity index (χ1n) is 7.09. The lowest BCUT2D eigenvalue weighted by Crippen LogP contribution is -2.19. The van der Waals surface area contributed by atoms with Gasteiger partial charge < -0.3 is 4.74 Å². The monoisotopic (exact) mass is 278 g/mol. The first-order chi connectivity index (χ1) is 10.2. The van der Waals surface area contributed by atoms with Crippen LogP contribution in [0.3, 0.4) is 0 Å². The van der Waals surface area contributed by atoms with E-state index in [0.717, 1.165) is 22.3 Å². The number of ketones is 1. The lowest BCUT2D eigenvalue weighted by Gasteiger charge is -2.16. The number of aryl methyl sites for hydroxylation is 1. The van der Waals surface area contributed by atoms with Crippen molar-refractivity contribution >= 4 is 11.8 Å². The molecule has 2 aromatic carbocycles. The maximum Gasteiger partial charge on any atom is 0.339 e. The minimum absolute atomic E-state index is 0.0950. The molecule has 0 N–H and O–H groups in total. The number of ether oxygens (including phenoxy) is 1. The number of carbonyl (C=O) groups is 2. The number of benzene rings is 2. The van der Waals surface area contributed by atoms with Gasteiger partial charge in [-0.2, -0.15) is 0 Å². The van der Waals surface area contributed by atoms with E-state index in [1.54, 1.807) is 6.07 Å². The number of cyclic esters (lactones) is 1. The minimum Gasteiger partial charge on any atom is -0.453 e. The zero-order chi connectivity index (χ0) is 14.6. The van der Waals surface area contributed by atoms with Crippen LogP contribution in [0.2, 0.25) is 0 Å². The van der Waals surface area contributed by atoms with Crippen LogP contribution in [0.25, 0.3) is 0 Å². The molecule has 0 fully saturated rings. The first kappa shape index (κ1) is 12.3. The van der Waals surface area contributed by atoms with Gasteiger partial charge in [-0.25, -0.2) is 4.79 Å². The van der Waals surface area contributed by atoms with Crippen LogP contribution >= 0.6 is 0 Å². The smallest absolute Gasteiger partial charge is 0.339 e. The Morgan fingerprint density at radius 2 is 1.86 bits per heavy atom. The summed E-state index contributed by atoms with van der Waals surface area (Å²) in [6.07, 6.45) is 0.190. The topological polar surface area (TPSA) is 43.4 Å². The van der Waals surface area contributed by atoms with E-state index in [9.17, 15) is 9.59 Å². The molecule has 2 atom stereocenters. The third kappa shape index (κ3) is 1.67. The average Bonchev–Trinajstić information content (AvgIpc) is 2.99. The van der Waals surface area contributed by atoms with Gasteiger partial charge in [0.05, 0.1) is 11.5 Å². The van der Waals surface area contributed by atoms with Gasteiger partial charge in [0.2, 0.25) is 0 Å². The van der Waals surface area contributed by atoms with E-state index in [1.165, 1.54) is 0 Å². The molecule has 0 amide bonds. The van der Waals surface area contributed by atoms with Crippen LogP contribution in [0, 0.1) is 12.8 Å². The summed E-state index contributed by atoms with van der Waals surface area (Å²) in [5, 5.41) is 0. The van der Waals surface area contributed by atoms with Gasteiger partial charge in [0.25, 0.3) is 0 Å². The molecule has 104 valence electrons. The number of Topliss-reactive ketones (excluding diaryl/α,β-unsaturated/α-hetero) is 1. The zero-order valence-electron chi connectivity index (χ0n) is 11.6. The highest BCUT2D eigenvalue weighted by molar-refractivity contribution is 6.05. The van der Waals surface area contributed by atoms with Crippen LogP contribution in [0.5, 0.6) is 0 Å². The molecule has 0 aromatic heterocycles. The molecule has 21 heavy (non-hydrogen) atoms. The van der Waals surface area contributed by atoms with Crippen molar-refractivity contribution in [3.63, 3.8) is 0 Å². The fourth-order valence-corrected chi connectivity index (χ4v) is 3.48. The van der Waals surface area contributed by atoms with Crippen molar-refractivity contribution in [2.24, 2.45) is 5.92 Å². The molecule has 2 aliphatic rings. The molecule has 0 saturated carbocycles. The quantitative estimate of drug-likeness (QED) is 0.752. The van der Waals surface area contributed by atoms with E-state index in [-0.39, 0.29) is 17.7 Å². The van der Waals surface area contributed by atoms with Crippen LogP contribution < -0.4 is 0 Å². The Morgan fingerprint density at radius 3 is 2.67 bits per heavy atom. The molecular formula is C18H14O3. The molecule has 2 aromatic rings. The zero-order valence-corrected chi connectivity index (χ0v) is 11.6. The summed E-state index contributed by atoms with van der Waals surface area (Å²) in [7, 11) is 0. The van der Waals surface area contributed by atoms with Gasteiger partial charge >= 0.3 is 5.97 Å². The Bertz CT molecular complexity index is 776. The molecule has 3 heteroatoms. The summed E-state index contributed by atoms with van der Waals surface area (Å²) < 4.78 is 5.50. The summed E-state index contributed by atoms with van der Waals surface area (Å²) >= 11 is 0. The Kier molecular flexibility index (Phi) is 2.52. The van der Waals surface area contributed by atoms with Gasteiger partial charge in [-0.1, -0.05) is 36.4 Å². The Morgan fingerprint density at radius 1 is 1.05 bits per heavy atom. The first-order valence-corrected chi connectivity index (χ1v) is 7.09. The van der Waals surface area contributed by atoms with Crippen molar-refractivity contribution in [3.05, 3.63) is 70.3 Å².